The van der Waals surface area contributed by atoms with Crippen molar-refractivity contribution in [2.24, 2.45) is 11.8 Å². The standard InChI is InChI=1S/C26H32FN3O4/c1-17(2)18(3)28-25(32)19-12-14-30(15-13-19)26(33)20-8-4-7-11-23(20)34-16-24(31)29-22-10-6-5-9-21(22)27/h4-11,17-19H,12-16H2,1-3H3,(H,28,32)(H,29,31). The van der Waals surface area contributed by atoms with E-state index in [0.717, 1.165) is 0 Å². The highest BCUT2D eigenvalue weighted by Crippen LogP contribution is 2.24. The van der Waals surface area contributed by atoms with Gasteiger partial charge in [0.15, 0.2) is 6.61 Å². The molecule has 1 fully saturated rings. The van der Waals surface area contributed by atoms with Crippen molar-refractivity contribution in [3.8, 4) is 5.75 Å². The molecule has 2 aromatic carbocycles. The van der Waals surface area contributed by atoms with E-state index in [0.29, 0.717) is 37.4 Å². The van der Waals surface area contributed by atoms with Gasteiger partial charge in [0.1, 0.15) is 11.6 Å². The van der Waals surface area contributed by atoms with Crippen LogP contribution in [0.3, 0.4) is 0 Å². The Morgan fingerprint density at radius 3 is 2.35 bits per heavy atom. The predicted molar refractivity (Wildman–Crippen MR) is 128 cm³/mol. The molecule has 0 saturated carbocycles. The molecule has 0 aliphatic carbocycles. The highest BCUT2D eigenvalue weighted by molar-refractivity contribution is 5.97. The lowest BCUT2D eigenvalue weighted by Crippen LogP contribution is -2.45. The van der Waals surface area contributed by atoms with Crippen LogP contribution in [0, 0.1) is 17.7 Å². The zero-order chi connectivity index (χ0) is 24.7. The lowest BCUT2D eigenvalue weighted by Gasteiger charge is -2.32. The Balaban J connectivity index is 1.56. The van der Waals surface area contributed by atoms with Crippen LogP contribution >= 0.6 is 0 Å². The summed E-state index contributed by atoms with van der Waals surface area (Å²) in [7, 11) is 0. The van der Waals surface area contributed by atoms with Gasteiger partial charge in [-0.2, -0.15) is 0 Å². The summed E-state index contributed by atoms with van der Waals surface area (Å²) >= 11 is 0. The summed E-state index contributed by atoms with van der Waals surface area (Å²) in [5.74, 6) is -0.717. The topological polar surface area (TPSA) is 87.7 Å². The van der Waals surface area contributed by atoms with Crippen LogP contribution in [-0.2, 0) is 9.59 Å². The number of halogens is 1. The van der Waals surface area contributed by atoms with Gasteiger partial charge < -0.3 is 20.3 Å². The first-order chi connectivity index (χ1) is 16.3. The van der Waals surface area contributed by atoms with Crippen LogP contribution in [0.2, 0.25) is 0 Å². The van der Waals surface area contributed by atoms with Gasteiger partial charge >= 0.3 is 0 Å². The van der Waals surface area contributed by atoms with E-state index in [1.807, 2.05) is 6.92 Å². The van der Waals surface area contributed by atoms with E-state index in [4.69, 9.17) is 4.74 Å². The van der Waals surface area contributed by atoms with Gasteiger partial charge in [0.25, 0.3) is 11.8 Å². The molecule has 7 nitrogen and oxygen atoms in total. The fourth-order valence-electron chi connectivity index (χ4n) is 3.69. The maximum atomic E-state index is 13.7. The molecule has 0 spiro atoms. The van der Waals surface area contributed by atoms with E-state index >= 15 is 0 Å². The number of carbonyl (C=O) groups excluding carboxylic acids is 3. The molecule has 0 bridgehead atoms. The van der Waals surface area contributed by atoms with E-state index in [9.17, 15) is 18.8 Å². The molecule has 1 saturated heterocycles. The Labute approximate surface area is 199 Å². The molecule has 3 rings (SSSR count). The lowest BCUT2D eigenvalue weighted by atomic mass is 9.94. The normalized spacial score (nSPS) is 15.0. The van der Waals surface area contributed by atoms with E-state index in [2.05, 4.69) is 24.5 Å². The minimum absolute atomic E-state index is 0.0397. The molecule has 8 heteroatoms. The minimum Gasteiger partial charge on any atom is -0.483 e. The van der Waals surface area contributed by atoms with Crippen LogP contribution in [0.25, 0.3) is 0 Å². The molecular weight excluding hydrogens is 437 g/mol. The Morgan fingerprint density at radius 2 is 1.68 bits per heavy atom. The van der Waals surface area contributed by atoms with Crippen molar-refractivity contribution in [2.45, 2.75) is 39.7 Å². The summed E-state index contributed by atoms with van der Waals surface area (Å²) < 4.78 is 19.3. The van der Waals surface area contributed by atoms with Crippen LogP contribution < -0.4 is 15.4 Å². The number of anilines is 1. The first-order valence-electron chi connectivity index (χ1n) is 11.6. The predicted octanol–water partition coefficient (Wildman–Crippen LogP) is 3.86. The second-order valence-corrected chi connectivity index (χ2v) is 8.92. The summed E-state index contributed by atoms with van der Waals surface area (Å²) in [5.41, 5.74) is 0.410. The lowest BCUT2D eigenvalue weighted by molar-refractivity contribution is -0.127. The Hall–Kier alpha value is -3.42. The summed E-state index contributed by atoms with van der Waals surface area (Å²) in [6.07, 6.45) is 1.19. The van der Waals surface area contributed by atoms with Gasteiger partial charge in [-0.1, -0.05) is 38.1 Å². The summed E-state index contributed by atoms with van der Waals surface area (Å²) in [4.78, 5) is 39.6. The fourth-order valence-corrected chi connectivity index (χ4v) is 3.69. The van der Waals surface area contributed by atoms with Crippen LogP contribution in [-0.4, -0.2) is 48.4 Å². The number of rotatable bonds is 8. The molecule has 34 heavy (non-hydrogen) atoms. The van der Waals surface area contributed by atoms with Crippen LogP contribution in [0.4, 0.5) is 10.1 Å². The smallest absolute Gasteiger partial charge is 0.262 e. The number of hydrogen-bond donors (Lipinski definition) is 2. The third-order valence-electron chi connectivity index (χ3n) is 6.15. The molecule has 1 heterocycles. The summed E-state index contributed by atoms with van der Waals surface area (Å²) in [5, 5.41) is 5.51. The number of benzene rings is 2. The molecule has 3 amide bonds. The number of nitrogens with zero attached hydrogens (tertiary/aromatic N) is 1. The Morgan fingerprint density at radius 1 is 1.03 bits per heavy atom. The molecule has 1 atom stereocenters. The van der Waals surface area contributed by atoms with E-state index in [1.54, 1.807) is 35.2 Å². The van der Waals surface area contributed by atoms with Gasteiger partial charge in [-0.3, -0.25) is 14.4 Å². The van der Waals surface area contributed by atoms with Gasteiger partial charge in [0.05, 0.1) is 11.3 Å². The second kappa shape index (κ2) is 11.6. The molecule has 0 aromatic heterocycles. The van der Waals surface area contributed by atoms with Crippen molar-refractivity contribution in [1.29, 1.82) is 0 Å². The van der Waals surface area contributed by atoms with Gasteiger partial charge in [-0.25, -0.2) is 4.39 Å². The van der Waals surface area contributed by atoms with Gasteiger partial charge in [-0.15, -0.1) is 0 Å². The number of piperidine rings is 1. The maximum Gasteiger partial charge on any atom is 0.262 e. The maximum absolute atomic E-state index is 13.7. The van der Waals surface area contributed by atoms with Gasteiger partial charge in [-0.05, 0) is 49.9 Å². The van der Waals surface area contributed by atoms with Crippen LogP contribution in [0.1, 0.15) is 44.0 Å². The number of likely N-dealkylation sites (tertiary alicyclic amines) is 1. The van der Waals surface area contributed by atoms with Gasteiger partial charge in [0.2, 0.25) is 5.91 Å². The molecule has 1 aliphatic heterocycles. The van der Waals surface area contributed by atoms with Crippen LogP contribution in [0.5, 0.6) is 5.75 Å². The van der Waals surface area contributed by atoms with Crippen molar-refractivity contribution in [3.63, 3.8) is 0 Å². The molecule has 1 unspecified atom stereocenters. The van der Waals surface area contributed by atoms with Crippen molar-refractivity contribution in [2.75, 3.05) is 25.0 Å². The number of nitrogens with one attached hydrogen (secondary N) is 2. The first kappa shape index (κ1) is 25.2. The zero-order valence-electron chi connectivity index (χ0n) is 19.8. The Kier molecular flexibility index (Phi) is 8.62. The average Bonchev–Trinajstić information content (AvgIpc) is 2.84. The number of amides is 3. The summed E-state index contributed by atoms with van der Waals surface area (Å²) in [6, 6.07) is 12.7. The molecule has 182 valence electrons. The highest BCUT2D eigenvalue weighted by atomic mass is 19.1. The Bertz CT molecular complexity index is 1020. The number of carbonyl (C=O) groups is 3. The fraction of sp³-hybridized carbons (Fsp3) is 0.423. The molecule has 0 radical (unpaired) electrons. The van der Waals surface area contributed by atoms with E-state index in [-0.39, 0.29) is 41.8 Å². The summed E-state index contributed by atoms with van der Waals surface area (Å²) in [6.45, 7) is 6.69. The number of hydrogen-bond acceptors (Lipinski definition) is 4. The number of ether oxygens (including phenoxy) is 1. The van der Waals surface area contributed by atoms with Crippen molar-refractivity contribution >= 4 is 23.4 Å². The molecule has 2 aromatic rings. The van der Waals surface area contributed by atoms with Crippen molar-refractivity contribution < 1.29 is 23.5 Å². The monoisotopic (exact) mass is 469 g/mol. The molecule has 1 aliphatic rings. The van der Waals surface area contributed by atoms with Crippen molar-refractivity contribution in [3.05, 3.63) is 59.9 Å². The largest absolute Gasteiger partial charge is 0.483 e. The quantitative estimate of drug-likeness (QED) is 0.615. The molecule has 2 N–H and O–H groups in total. The van der Waals surface area contributed by atoms with Crippen LogP contribution in [0.15, 0.2) is 48.5 Å². The first-order valence-corrected chi connectivity index (χ1v) is 11.6. The minimum atomic E-state index is -0.540. The van der Waals surface area contributed by atoms with Gasteiger partial charge in [0, 0.05) is 25.0 Å². The third kappa shape index (κ3) is 6.56. The highest BCUT2D eigenvalue weighted by Gasteiger charge is 2.29. The number of para-hydroxylation sites is 2. The van der Waals surface area contributed by atoms with E-state index < -0.39 is 11.7 Å². The average molecular weight is 470 g/mol. The third-order valence-corrected chi connectivity index (χ3v) is 6.15. The zero-order valence-corrected chi connectivity index (χ0v) is 19.8. The SMILES string of the molecule is CC(C)C(C)NC(=O)C1CCN(C(=O)c2ccccc2OCC(=O)Nc2ccccc2F)CC1. The second-order valence-electron chi connectivity index (χ2n) is 8.92. The van der Waals surface area contributed by atoms with Crippen molar-refractivity contribution in [1.82, 2.24) is 10.2 Å². The molecular formula is C26H32FN3O4. The van der Waals surface area contributed by atoms with E-state index in [1.165, 1.54) is 18.2 Å².